The van der Waals surface area contributed by atoms with Gasteiger partial charge in [-0.05, 0) is 60.7 Å². The largest absolute Gasteiger partial charge is 0.309 e. The van der Waals surface area contributed by atoms with Gasteiger partial charge in [0.2, 0.25) is 0 Å². The van der Waals surface area contributed by atoms with Gasteiger partial charge in [-0.2, -0.15) is 0 Å². The van der Waals surface area contributed by atoms with E-state index in [0.29, 0.717) is 17.5 Å². The van der Waals surface area contributed by atoms with Gasteiger partial charge in [0.25, 0.3) is 0 Å². The Morgan fingerprint density at radius 3 is 1.54 bits per heavy atom. The van der Waals surface area contributed by atoms with Gasteiger partial charge in [0.15, 0.2) is 17.5 Å². The van der Waals surface area contributed by atoms with E-state index in [-0.39, 0.29) is 0 Å². The Labute approximate surface area is 331 Å². The lowest BCUT2D eigenvalue weighted by molar-refractivity contribution is 1.08. The van der Waals surface area contributed by atoms with E-state index in [1.165, 1.54) is 59.1 Å². The maximum absolute atomic E-state index is 5.14. The van der Waals surface area contributed by atoms with Crippen molar-refractivity contribution in [3.63, 3.8) is 0 Å². The topological polar surface area (TPSA) is 48.5 Å². The van der Waals surface area contributed by atoms with E-state index in [9.17, 15) is 0 Å². The summed E-state index contributed by atoms with van der Waals surface area (Å²) in [5.74, 6) is 1.98. The second-order valence-corrected chi connectivity index (χ2v) is 15.4. The lowest BCUT2D eigenvalue weighted by Gasteiger charge is -2.10. The number of benzene rings is 8. The molecule has 0 saturated carbocycles. The fraction of sp³-hybridized carbons (Fsp3) is 0. The monoisotopic (exact) mass is 745 g/mol. The van der Waals surface area contributed by atoms with Gasteiger partial charge in [-0.1, -0.05) is 127 Å². The number of rotatable bonds is 5. The number of nitrogens with zero attached hydrogens (tertiary/aromatic N) is 5. The molecule has 4 heterocycles. The smallest absolute Gasteiger partial charge is 0.165 e. The maximum atomic E-state index is 5.14. The molecule has 6 heteroatoms. The molecule has 0 unspecified atom stereocenters. The van der Waals surface area contributed by atoms with E-state index in [0.717, 1.165) is 32.8 Å². The summed E-state index contributed by atoms with van der Waals surface area (Å²) in [5.41, 5.74) is 9.91. The van der Waals surface area contributed by atoms with E-state index in [1.807, 2.05) is 36.4 Å². The van der Waals surface area contributed by atoms with E-state index < -0.39 is 0 Å². The molecule has 0 aliphatic rings. The molecule has 266 valence electrons. The molecule has 12 aromatic rings. The Hall–Kier alpha value is -7.41. The quantitative estimate of drug-likeness (QED) is 0.176. The van der Waals surface area contributed by atoms with Crippen molar-refractivity contribution in [3.8, 4) is 45.5 Å². The number of aromatic nitrogens is 5. The first-order valence-electron chi connectivity index (χ1n) is 19.1. The summed E-state index contributed by atoms with van der Waals surface area (Å²) >= 11 is 1.81. The van der Waals surface area contributed by atoms with Crippen LogP contribution in [0.5, 0.6) is 0 Å². The Kier molecular flexibility index (Phi) is 7.03. The SMILES string of the molecule is c1ccc(-c2nc(-c3ccccc3)nc(-c3cccc4c3sc3ccc5c(c6cc(-n7c8ccccc8c8ccccc87)ccc6n5-c5ccccc5)c34)n2)cc1. The van der Waals surface area contributed by atoms with Crippen molar-refractivity contribution in [1.29, 1.82) is 0 Å². The normalized spacial score (nSPS) is 11.9. The van der Waals surface area contributed by atoms with Crippen molar-refractivity contribution in [2.45, 2.75) is 0 Å². The summed E-state index contributed by atoms with van der Waals surface area (Å²) < 4.78 is 7.20. The summed E-state index contributed by atoms with van der Waals surface area (Å²) in [6.07, 6.45) is 0. The Bertz CT molecular complexity index is 3400. The highest BCUT2D eigenvalue weighted by Gasteiger charge is 2.22. The van der Waals surface area contributed by atoms with Crippen LogP contribution in [0, 0.1) is 0 Å². The van der Waals surface area contributed by atoms with Gasteiger partial charge in [0, 0.05) is 69.8 Å². The van der Waals surface area contributed by atoms with Crippen molar-refractivity contribution >= 4 is 75.1 Å². The molecular formula is C51H31N5S. The number of fused-ring (bicyclic) bond motifs is 10. The lowest BCUT2D eigenvalue weighted by Crippen LogP contribution is -2.00. The number of hydrogen-bond donors (Lipinski definition) is 0. The average molecular weight is 746 g/mol. The van der Waals surface area contributed by atoms with Crippen LogP contribution in [0.25, 0.3) is 109 Å². The van der Waals surface area contributed by atoms with Crippen LogP contribution in [0.15, 0.2) is 188 Å². The molecule has 0 aliphatic carbocycles. The first-order chi connectivity index (χ1) is 28.3. The van der Waals surface area contributed by atoms with Crippen molar-refractivity contribution in [2.24, 2.45) is 0 Å². The second-order valence-electron chi connectivity index (χ2n) is 14.4. The van der Waals surface area contributed by atoms with Gasteiger partial charge in [-0.3, -0.25) is 0 Å². The molecule has 5 nitrogen and oxygen atoms in total. The molecule has 0 fully saturated rings. The third kappa shape index (κ3) is 4.91. The molecular weight excluding hydrogens is 715 g/mol. The average Bonchev–Trinajstić information content (AvgIpc) is 3.94. The van der Waals surface area contributed by atoms with Crippen molar-refractivity contribution in [1.82, 2.24) is 24.1 Å². The standard InChI is InChI=1S/C51H31N5S/c1-4-15-32(16-5-1)49-52-50(33-17-6-2-7-18-33)54-51(53-49)39-24-14-23-38-47-45(57-48(38)39)30-29-44-46(47)40-31-35(27-28-43(40)55(44)34-19-8-3-9-20-34)56-41-25-12-10-21-36(41)37-22-11-13-26-42(37)56/h1-31H. The fourth-order valence-electron chi connectivity index (χ4n) is 8.69. The number of hydrogen-bond acceptors (Lipinski definition) is 4. The first-order valence-corrected chi connectivity index (χ1v) is 19.9. The van der Waals surface area contributed by atoms with Crippen LogP contribution in [0.4, 0.5) is 0 Å². The second kappa shape index (κ2) is 12.6. The van der Waals surface area contributed by atoms with Crippen LogP contribution >= 0.6 is 11.3 Å². The molecule has 0 aliphatic heterocycles. The maximum Gasteiger partial charge on any atom is 0.165 e. The Balaban J connectivity index is 1.16. The zero-order valence-electron chi connectivity index (χ0n) is 30.5. The summed E-state index contributed by atoms with van der Waals surface area (Å²) in [6.45, 7) is 0. The van der Waals surface area contributed by atoms with E-state index >= 15 is 0 Å². The zero-order chi connectivity index (χ0) is 37.5. The third-order valence-electron chi connectivity index (χ3n) is 11.2. The van der Waals surface area contributed by atoms with Crippen molar-refractivity contribution in [2.75, 3.05) is 0 Å². The highest BCUT2D eigenvalue weighted by Crippen LogP contribution is 2.46. The minimum absolute atomic E-state index is 0.656. The molecule has 4 aromatic heterocycles. The minimum Gasteiger partial charge on any atom is -0.309 e. The Morgan fingerprint density at radius 1 is 0.351 bits per heavy atom. The van der Waals surface area contributed by atoms with Crippen LogP contribution < -0.4 is 0 Å². The molecule has 0 spiro atoms. The summed E-state index contributed by atoms with van der Waals surface area (Å²) in [7, 11) is 0. The van der Waals surface area contributed by atoms with Gasteiger partial charge in [0.05, 0.1) is 22.1 Å². The zero-order valence-corrected chi connectivity index (χ0v) is 31.4. The molecule has 0 N–H and O–H groups in total. The predicted octanol–water partition coefficient (Wildman–Crippen LogP) is 13.4. The van der Waals surface area contributed by atoms with Crippen molar-refractivity contribution in [3.05, 3.63) is 188 Å². The molecule has 12 rings (SSSR count). The van der Waals surface area contributed by atoms with E-state index in [4.69, 9.17) is 15.0 Å². The van der Waals surface area contributed by atoms with Gasteiger partial charge in [0.1, 0.15) is 0 Å². The summed E-state index contributed by atoms with van der Waals surface area (Å²) in [5, 5.41) is 7.39. The van der Waals surface area contributed by atoms with Gasteiger partial charge in [-0.25, -0.2) is 15.0 Å². The molecule has 57 heavy (non-hydrogen) atoms. The lowest BCUT2D eigenvalue weighted by atomic mass is 10.0. The van der Waals surface area contributed by atoms with Crippen LogP contribution in [0.2, 0.25) is 0 Å². The molecule has 8 aromatic carbocycles. The number of para-hydroxylation sites is 3. The molecule has 0 atom stereocenters. The van der Waals surface area contributed by atoms with Gasteiger partial charge in [-0.15, -0.1) is 11.3 Å². The van der Waals surface area contributed by atoms with Crippen LogP contribution in [-0.2, 0) is 0 Å². The highest BCUT2D eigenvalue weighted by atomic mass is 32.1. The van der Waals surface area contributed by atoms with Gasteiger partial charge >= 0.3 is 0 Å². The van der Waals surface area contributed by atoms with Crippen molar-refractivity contribution < 1.29 is 0 Å². The van der Waals surface area contributed by atoms with E-state index in [2.05, 4.69) is 161 Å². The minimum atomic E-state index is 0.656. The Morgan fingerprint density at radius 2 is 0.877 bits per heavy atom. The fourth-order valence-corrected chi connectivity index (χ4v) is 9.91. The molecule has 0 bridgehead atoms. The summed E-state index contributed by atoms with van der Waals surface area (Å²) in [6, 6.07) is 66.6. The first kappa shape index (κ1) is 31.9. The van der Waals surface area contributed by atoms with Crippen LogP contribution in [0.1, 0.15) is 0 Å². The van der Waals surface area contributed by atoms with E-state index in [1.54, 1.807) is 11.3 Å². The number of thiophene rings is 1. The molecule has 0 radical (unpaired) electrons. The van der Waals surface area contributed by atoms with Crippen LogP contribution in [0.3, 0.4) is 0 Å². The molecule has 0 saturated heterocycles. The predicted molar refractivity (Wildman–Crippen MR) is 238 cm³/mol. The molecule has 0 amide bonds. The third-order valence-corrected chi connectivity index (χ3v) is 12.4. The van der Waals surface area contributed by atoms with Gasteiger partial charge < -0.3 is 9.13 Å². The van der Waals surface area contributed by atoms with Crippen LogP contribution in [-0.4, -0.2) is 24.1 Å². The summed E-state index contributed by atoms with van der Waals surface area (Å²) in [4.78, 5) is 15.3. The highest BCUT2D eigenvalue weighted by molar-refractivity contribution is 7.26.